The maximum Gasteiger partial charge on any atom is 0.330 e. The lowest BCUT2D eigenvalue weighted by Crippen LogP contribution is -2.25. The van der Waals surface area contributed by atoms with E-state index in [9.17, 15) is 9.90 Å². The maximum atomic E-state index is 11.7. The average Bonchev–Trinajstić information content (AvgIpc) is 3.34. The van der Waals surface area contributed by atoms with E-state index in [1.54, 1.807) is 11.3 Å². The van der Waals surface area contributed by atoms with Crippen LogP contribution in [0.2, 0.25) is 0 Å². The Morgan fingerprint density at radius 1 is 1.18 bits per heavy atom. The number of nitrogens with two attached hydrogens (primary N) is 1. The molecule has 0 radical (unpaired) electrons. The summed E-state index contributed by atoms with van der Waals surface area (Å²) in [6, 6.07) is 4.10. The minimum atomic E-state index is -0.677. The van der Waals surface area contributed by atoms with Crippen LogP contribution in [-0.4, -0.2) is 11.1 Å². The quantitative estimate of drug-likeness (QED) is 0.548. The van der Waals surface area contributed by atoms with Crippen molar-refractivity contribution in [1.29, 1.82) is 0 Å². The monoisotopic (exact) mass is 419 g/mol. The van der Waals surface area contributed by atoms with Crippen LogP contribution in [-0.2, 0) is 31.3 Å². The highest BCUT2D eigenvalue weighted by Crippen LogP contribution is 2.38. The van der Waals surface area contributed by atoms with Gasteiger partial charge in [0.2, 0.25) is 0 Å². The Hall–Kier alpha value is -1.54. The fourth-order valence-corrected chi connectivity index (χ4v) is 5.19. The van der Waals surface area contributed by atoms with Crippen LogP contribution in [0, 0.1) is 6.92 Å². The molecule has 0 bridgehead atoms. The predicted molar refractivity (Wildman–Crippen MR) is 119 cm³/mol. The molecule has 2 amide bonds. The van der Waals surface area contributed by atoms with Crippen molar-refractivity contribution in [2.75, 3.05) is 5.32 Å². The molecule has 152 valence electrons. The molecule has 1 aromatic carbocycles. The summed E-state index contributed by atoms with van der Waals surface area (Å²) in [5.41, 5.74) is 6.95. The van der Waals surface area contributed by atoms with Gasteiger partial charge in [0.05, 0.1) is 5.60 Å². The molecule has 28 heavy (non-hydrogen) atoms. The number of carbonyl (C=O) groups is 1. The molecule has 0 fully saturated rings. The number of amides is 2. The topological polar surface area (TPSA) is 87.4 Å². The van der Waals surface area contributed by atoms with Crippen molar-refractivity contribution in [2.24, 2.45) is 5.14 Å². The van der Waals surface area contributed by atoms with Crippen LogP contribution >= 0.6 is 23.5 Å². The first kappa shape index (κ1) is 21.2. The second-order valence-electron chi connectivity index (χ2n) is 7.86. The first-order valence-electron chi connectivity index (χ1n) is 9.67. The van der Waals surface area contributed by atoms with Crippen LogP contribution in [0.3, 0.4) is 0 Å². The molecule has 0 unspecified atom stereocenters. The predicted octanol–water partition coefficient (Wildman–Crippen LogP) is 4.59. The minimum Gasteiger partial charge on any atom is -0.386 e. The van der Waals surface area contributed by atoms with Gasteiger partial charge in [-0.3, -0.25) is 9.86 Å². The third kappa shape index (κ3) is 4.71. The molecule has 5 N–H and O–H groups in total. The van der Waals surface area contributed by atoms with Crippen molar-refractivity contribution in [1.82, 2.24) is 4.72 Å². The van der Waals surface area contributed by atoms with Gasteiger partial charge >= 0.3 is 6.03 Å². The normalized spacial score (nSPS) is 14.8. The molecule has 0 spiro atoms. The zero-order valence-corrected chi connectivity index (χ0v) is 18.4. The molecule has 2 aliphatic carbocycles. The smallest absolute Gasteiger partial charge is 0.330 e. The number of aryl methyl sites for hydroxylation is 3. The van der Waals surface area contributed by atoms with Crippen LogP contribution in [0.5, 0.6) is 0 Å². The summed E-state index contributed by atoms with van der Waals surface area (Å²) in [4.78, 5) is 12.9. The zero-order valence-electron chi connectivity index (χ0n) is 16.7. The number of anilines is 1. The number of thiophene rings is 1. The molecule has 0 atom stereocenters. The molecule has 1 aromatic heterocycles. The molecule has 2 aromatic rings. The Bertz CT molecular complexity index is 824. The summed E-state index contributed by atoms with van der Waals surface area (Å²) >= 11 is 2.50. The van der Waals surface area contributed by atoms with E-state index in [1.807, 2.05) is 32.2 Å². The number of hydrogen-bond donors (Lipinski definition) is 4. The van der Waals surface area contributed by atoms with Crippen molar-refractivity contribution < 1.29 is 9.90 Å². The molecule has 7 heteroatoms. The number of nitrogens with one attached hydrogen (secondary N) is 2. The Kier molecular flexibility index (Phi) is 6.70. The van der Waals surface area contributed by atoms with E-state index in [0.717, 1.165) is 49.1 Å². The first-order chi connectivity index (χ1) is 13.3. The van der Waals surface area contributed by atoms with E-state index in [2.05, 4.69) is 16.1 Å². The van der Waals surface area contributed by atoms with Gasteiger partial charge in [-0.25, -0.2) is 4.79 Å². The molecule has 1 heterocycles. The summed E-state index contributed by atoms with van der Waals surface area (Å²) < 4.78 is 2.52. The lowest BCUT2D eigenvalue weighted by Gasteiger charge is -2.16. The standard InChI is InChI=1S/C13H17N3OS.C8H12OS/c14-18-16-13(17)15-12-10-5-1-3-8(10)7-9-4-2-6-11(9)12;1-6-7(4-5-10-6)8(2,3)9/h7H,1-6,14H2,(H2,15,16,17);4-5,9H,1-3H3. The number of benzene rings is 1. The van der Waals surface area contributed by atoms with E-state index >= 15 is 0 Å². The third-order valence-corrected chi connectivity index (χ3v) is 6.53. The second-order valence-corrected chi connectivity index (χ2v) is 9.42. The SMILES string of the molecule is Cc1sccc1C(C)(C)O.NSNC(=O)Nc1c2c(cc3c1CCC3)CCC2. The Morgan fingerprint density at radius 3 is 2.21 bits per heavy atom. The number of fused-ring (bicyclic) bond motifs is 2. The highest BCUT2D eigenvalue weighted by molar-refractivity contribution is 7.95. The van der Waals surface area contributed by atoms with Crippen molar-refractivity contribution in [3.8, 4) is 0 Å². The van der Waals surface area contributed by atoms with Gasteiger partial charge in [0.1, 0.15) is 0 Å². The summed E-state index contributed by atoms with van der Waals surface area (Å²) in [6.07, 6.45) is 6.83. The Balaban J connectivity index is 0.000000192. The van der Waals surface area contributed by atoms with Gasteiger partial charge in [-0.2, -0.15) is 0 Å². The number of aliphatic hydroxyl groups is 1. The highest BCUT2D eigenvalue weighted by Gasteiger charge is 2.24. The molecule has 4 rings (SSSR count). The fourth-order valence-electron chi connectivity index (χ4n) is 4.18. The van der Waals surface area contributed by atoms with Gasteiger partial charge in [0, 0.05) is 22.7 Å². The van der Waals surface area contributed by atoms with Crippen molar-refractivity contribution in [3.63, 3.8) is 0 Å². The van der Waals surface area contributed by atoms with Crippen molar-refractivity contribution >= 4 is 35.2 Å². The number of hydrogen-bond acceptors (Lipinski definition) is 5. The average molecular weight is 420 g/mol. The molecule has 2 aliphatic rings. The van der Waals surface area contributed by atoms with Crippen molar-refractivity contribution in [3.05, 3.63) is 50.2 Å². The third-order valence-electron chi connectivity index (χ3n) is 5.38. The second kappa shape index (κ2) is 8.86. The highest BCUT2D eigenvalue weighted by atomic mass is 32.2. The molecule has 0 saturated carbocycles. The summed E-state index contributed by atoms with van der Waals surface area (Å²) in [6.45, 7) is 5.64. The lowest BCUT2D eigenvalue weighted by atomic mass is 9.99. The van der Waals surface area contributed by atoms with Crippen LogP contribution in [0.15, 0.2) is 17.5 Å². The molecule has 0 saturated heterocycles. The zero-order chi connectivity index (χ0) is 20.3. The molecular weight excluding hydrogens is 390 g/mol. The minimum absolute atomic E-state index is 0.225. The molecule has 0 aliphatic heterocycles. The molecule has 5 nitrogen and oxygen atoms in total. The summed E-state index contributed by atoms with van der Waals surface area (Å²) in [5, 5.41) is 19.8. The van der Waals surface area contributed by atoms with Gasteiger partial charge in [-0.1, -0.05) is 6.07 Å². The fraction of sp³-hybridized carbons (Fsp3) is 0.476. The first-order valence-corrected chi connectivity index (χ1v) is 11.4. The van der Waals surface area contributed by atoms with Gasteiger partial charge in [0.25, 0.3) is 0 Å². The number of carbonyl (C=O) groups excluding carboxylic acids is 1. The van der Waals surface area contributed by atoms with Crippen LogP contribution in [0.1, 0.15) is 59.4 Å². The Labute approximate surface area is 175 Å². The van der Waals surface area contributed by atoms with Crippen LogP contribution in [0.25, 0.3) is 0 Å². The molecular formula is C21H29N3O2S2. The maximum absolute atomic E-state index is 11.7. The number of urea groups is 1. The summed E-state index contributed by atoms with van der Waals surface area (Å²) in [7, 11) is 0. The van der Waals surface area contributed by atoms with E-state index < -0.39 is 5.60 Å². The van der Waals surface area contributed by atoms with Gasteiger partial charge in [-0.15, -0.1) is 11.3 Å². The van der Waals surface area contributed by atoms with Gasteiger partial charge in [-0.05, 0) is 98.6 Å². The van der Waals surface area contributed by atoms with Gasteiger partial charge < -0.3 is 10.4 Å². The van der Waals surface area contributed by atoms with Gasteiger partial charge in [0.15, 0.2) is 0 Å². The van der Waals surface area contributed by atoms with Crippen LogP contribution in [0.4, 0.5) is 10.5 Å². The van der Waals surface area contributed by atoms with E-state index in [4.69, 9.17) is 5.14 Å². The van der Waals surface area contributed by atoms with E-state index in [1.165, 1.54) is 40.0 Å². The van der Waals surface area contributed by atoms with E-state index in [0.29, 0.717) is 0 Å². The number of rotatable bonds is 3. The van der Waals surface area contributed by atoms with Crippen LogP contribution < -0.4 is 15.2 Å². The van der Waals surface area contributed by atoms with Crippen molar-refractivity contribution in [2.45, 2.75) is 64.9 Å². The largest absolute Gasteiger partial charge is 0.386 e. The Morgan fingerprint density at radius 2 is 1.79 bits per heavy atom. The summed E-state index contributed by atoms with van der Waals surface area (Å²) in [5.74, 6) is 0. The lowest BCUT2D eigenvalue weighted by molar-refractivity contribution is 0.0785. The van der Waals surface area contributed by atoms with E-state index in [-0.39, 0.29) is 6.03 Å².